The topological polar surface area (TPSA) is 62.7 Å². The molecular formula is C24H21N3O3. The maximum atomic E-state index is 13.4. The van der Waals surface area contributed by atoms with E-state index in [0.29, 0.717) is 28.3 Å². The molecule has 6 nitrogen and oxygen atoms in total. The zero-order valence-electron chi connectivity index (χ0n) is 16.8. The number of carbonyl (C=O) groups is 2. The Hall–Kier alpha value is -3.93. The Kier molecular flexibility index (Phi) is 5.30. The third kappa shape index (κ3) is 3.55. The molecule has 1 aliphatic heterocycles. The summed E-state index contributed by atoms with van der Waals surface area (Å²) in [5.41, 5.74) is 2.84. The van der Waals surface area contributed by atoms with Crippen LogP contribution < -0.4 is 9.64 Å². The monoisotopic (exact) mass is 399 g/mol. The lowest BCUT2D eigenvalue weighted by molar-refractivity contribution is -0.137. The van der Waals surface area contributed by atoms with Crippen LogP contribution in [0.15, 0.2) is 84.7 Å². The van der Waals surface area contributed by atoms with E-state index in [1.807, 2.05) is 36.4 Å². The van der Waals surface area contributed by atoms with E-state index in [1.165, 1.54) is 4.90 Å². The molecule has 30 heavy (non-hydrogen) atoms. The van der Waals surface area contributed by atoms with Crippen molar-refractivity contribution in [2.75, 3.05) is 19.1 Å². The van der Waals surface area contributed by atoms with Gasteiger partial charge in [0.2, 0.25) is 0 Å². The largest absolute Gasteiger partial charge is 0.497 e. The summed E-state index contributed by atoms with van der Waals surface area (Å²) in [5.74, 6) is -0.00384. The van der Waals surface area contributed by atoms with Gasteiger partial charge >= 0.3 is 0 Å². The molecule has 1 aromatic heterocycles. The summed E-state index contributed by atoms with van der Waals surface area (Å²) in [7, 11) is 3.38. The van der Waals surface area contributed by atoms with Crippen LogP contribution in [0.3, 0.4) is 0 Å². The summed E-state index contributed by atoms with van der Waals surface area (Å²) in [4.78, 5) is 34.1. The Morgan fingerprint density at radius 1 is 0.900 bits per heavy atom. The fourth-order valence-corrected chi connectivity index (χ4v) is 3.47. The maximum absolute atomic E-state index is 13.4. The Morgan fingerprint density at radius 2 is 1.60 bits per heavy atom. The number of carbonyl (C=O) groups excluding carboxylic acids is 2. The van der Waals surface area contributed by atoms with Crippen molar-refractivity contribution in [3.05, 3.63) is 95.9 Å². The van der Waals surface area contributed by atoms with Crippen molar-refractivity contribution in [1.29, 1.82) is 0 Å². The van der Waals surface area contributed by atoms with Gasteiger partial charge in [-0.25, -0.2) is 0 Å². The van der Waals surface area contributed by atoms with E-state index in [-0.39, 0.29) is 18.4 Å². The quantitative estimate of drug-likeness (QED) is 0.594. The molecule has 0 saturated heterocycles. The molecule has 0 aliphatic carbocycles. The van der Waals surface area contributed by atoms with Gasteiger partial charge in [0.15, 0.2) is 0 Å². The van der Waals surface area contributed by atoms with Crippen molar-refractivity contribution in [3.63, 3.8) is 0 Å². The molecule has 4 rings (SSSR count). The number of hydrogen-bond donors (Lipinski definition) is 0. The minimum Gasteiger partial charge on any atom is -0.497 e. The summed E-state index contributed by atoms with van der Waals surface area (Å²) >= 11 is 0. The molecule has 1 aliphatic rings. The highest BCUT2D eigenvalue weighted by Gasteiger charge is 2.41. The number of methoxy groups -OCH3 is 1. The number of benzene rings is 2. The minimum atomic E-state index is -0.345. The Bertz CT molecular complexity index is 1090. The van der Waals surface area contributed by atoms with Crippen molar-refractivity contribution in [3.8, 4) is 5.75 Å². The molecule has 6 heteroatoms. The zero-order valence-corrected chi connectivity index (χ0v) is 16.8. The van der Waals surface area contributed by atoms with Gasteiger partial charge in [0.25, 0.3) is 11.8 Å². The van der Waals surface area contributed by atoms with E-state index in [0.717, 1.165) is 5.69 Å². The third-order valence-corrected chi connectivity index (χ3v) is 5.05. The predicted molar refractivity (Wildman–Crippen MR) is 115 cm³/mol. The predicted octanol–water partition coefficient (Wildman–Crippen LogP) is 3.51. The molecule has 0 saturated carbocycles. The number of likely N-dealkylation sites (N-methyl/N-ethyl adjacent to an activating group) is 1. The van der Waals surface area contributed by atoms with Crippen molar-refractivity contribution in [2.24, 2.45) is 0 Å². The molecule has 0 N–H and O–H groups in total. The average molecular weight is 399 g/mol. The molecular weight excluding hydrogens is 378 g/mol. The van der Waals surface area contributed by atoms with Crippen LogP contribution in [0, 0.1) is 0 Å². The Morgan fingerprint density at radius 3 is 2.23 bits per heavy atom. The first-order valence-electron chi connectivity index (χ1n) is 9.53. The standard InChI is InChI=1S/C24H21N3O3/c1-26(19-9-4-3-5-10-19)22-21(17-11-13-20(30-2)14-12-17)23(28)27(24(22)29)16-18-8-6-7-15-25-18/h3-15H,16H2,1-2H3. The first-order chi connectivity index (χ1) is 14.6. The molecule has 150 valence electrons. The van der Waals surface area contributed by atoms with Crippen LogP contribution in [0.5, 0.6) is 5.75 Å². The fraction of sp³-hybridized carbons (Fsp3) is 0.125. The van der Waals surface area contributed by atoms with Gasteiger partial charge in [-0.2, -0.15) is 0 Å². The highest BCUT2D eigenvalue weighted by Crippen LogP contribution is 2.34. The van der Waals surface area contributed by atoms with Crippen LogP contribution in [0.25, 0.3) is 5.57 Å². The average Bonchev–Trinajstić information content (AvgIpc) is 3.04. The van der Waals surface area contributed by atoms with Gasteiger partial charge in [0, 0.05) is 18.9 Å². The minimum absolute atomic E-state index is 0.115. The number of nitrogens with zero attached hydrogens (tertiary/aromatic N) is 3. The van der Waals surface area contributed by atoms with Gasteiger partial charge in [0.1, 0.15) is 11.4 Å². The highest BCUT2D eigenvalue weighted by molar-refractivity contribution is 6.36. The normalized spacial score (nSPS) is 13.7. The lowest BCUT2D eigenvalue weighted by Crippen LogP contribution is -2.34. The van der Waals surface area contributed by atoms with Gasteiger partial charge in [-0.1, -0.05) is 36.4 Å². The van der Waals surface area contributed by atoms with Crippen LogP contribution in [-0.2, 0) is 16.1 Å². The molecule has 2 aromatic carbocycles. The summed E-state index contributed by atoms with van der Waals surface area (Å²) in [6.07, 6.45) is 1.65. The zero-order chi connectivity index (χ0) is 21.1. The van der Waals surface area contributed by atoms with Gasteiger partial charge in [-0.05, 0) is 42.0 Å². The number of hydrogen-bond acceptors (Lipinski definition) is 5. The Balaban J connectivity index is 1.79. The first kappa shape index (κ1) is 19.4. The molecule has 0 bridgehead atoms. The third-order valence-electron chi connectivity index (χ3n) is 5.05. The van der Waals surface area contributed by atoms with Gasteiger partial charge in [0.05, 0.1) is 24.9 Å². The molecule has 3 aromatic rings. The van der Waals surface area contributed by atoms with E-state index in [2.05, 4.69) is 4.98 Å². The SMILES string of the molecule is COc1ccc(C2=C(N(C)c3ccccc3)C(=O)N(Cc3ccccn3)C2=O)cc1. The number of aromatic nitrogens is 1. The number of ether oxygens (including phenoxy) is 1. The molecule has 0 unspecified atom stereocenters. The highest BCUT2D eigenvalue weighted by atomic mass is 16.5. The van der Waals surface area contributed by atoms with Crippen LogP contribution in [0.2, 0.25) is 0 Å². The molecule has 0 spiro atoms. The lowest BCUT2D eigenvalue weighted by Gasteiger charge is -2.21. The summed E-state index contributed by atoms with van der Waals surface area (Å²) in [6.45, 7) is 0.115. The van der Waals surface area contributed by atoms with E-state index in [4.69, 9.17) is 4.74 Å². The second kappa shape index (κ2) is 8.21. The number of anilines is 1. The Labute approximate surface area is 175 Å². The summed E-state index contributed by atoms with van der Waals surface area (Å²) in [6, 6.07) is 22.1. The first-order valence-corrected chi connectivity index (χ1v) is 9.53. The van der Waals surface area contributed by atoms with E-state index < -0.39 is 0 Å². The maximum Gasteiger partial charge on any atom is 0.278 e. The smallest absolute Gasteiger partial charge is 0.278 e. The number of amides is 2. The number of imide groups is 1. The van der Waals surface area contributed by atoms with Crippen molar-refractivity contribution < 1.29 is 14.3 Å². The van der Waals surface area contributed by atoms with E-state index >= 15 is 0 Å². The fourth-order valence-electron chi connectivity index (χ4n) is 3.47. The number of pyridine rings is 1. The second-order valence-corrected chi connectivity index (χ2v) is 6.86. The van der Waals surface area contributed by atoms with Crippen LogP contribution >= 0.6 is 0 Å². The van der Waals surface area contributed by atoms with Crippen LogP contribution in [0.4, 0.5) is 5.69 Å². The van der Waals surface area contributed by atoms with E-state index in [1.54, 1.807) is 61.7 Å². The number of para-hydroxylation sites is 1. The van der Waals surface area contributed by atoms with Gasteiger partial charge in [-0.15, -0.1) is 0 Å². The molecule has 0 radical (unpaired) electrons. The van der Waals surface area contributed by atoms with E-state index in [9.17, 15) is 9.59 Å². The molecule has 0 fully saturated rings. The molecule has 0 atom stereocenters. The van der Waals surface area contributed by atoms with Crippen molar-refractivity contribution in [1.82, 2.24) is 9.88 Å². The lowest BCUT2D eigenvalue weighted by atomic mass is 10.0. The van der Waals surface area contributed by atoms with Crippen LogP contribution in [-0.4, -0.2) is 35.9 Å². The van der Waals surface area contributed by atoms with Gasteiger partial charge in [-0.3, -0.25) is 19.5 Å². The van der Waals surface area contributed by atoms with Crippen LogP contribution in [0.1, 0.15) is 11.3 Å². The summed E-state index contributed by atoms with van der Waals surface area (Å²) < 4.78 is 5.23. The molecule has 2 heterocycles. The van der Waals surface area contributed by atoms with Crippen molar-refractivity contribution in [2.45, 2.75) is 6.54 Å². The molecule has 2 amide bonds. The summed E-state index contributed by atoms with van der Waals surface area (Å²) in [5, 5.41) is 0. The number of rotatable bonds is 6. The van der Waals surface area contributed by atoms with Gasteiger partial charge < -0.3 is 9.64 Å². The second-order valence-electron chi connectivity index (χ2n) is 6.86. The van der Waals surface area contributed by atoms with Crippen molar-refractivity contribution >= 4 is 23.1 Å².